The third-order valence-corrected chi connectivity index (χ3v) is 5.15. The molecule has 54 valence electrons. The van der Waals surface area contributed by atoms with Gasteiger partial charge in [0, 0.05) is 0 Å². The molecule has 0 aromatic carbocycles. The summed E-state index contributed by atoms with van der Waals surface area (Å²) in [5, 5.41) is 0. The van der Waals surface area contributed by atoms with Crippen molar-refractivity contribution < 1.29 is 0 Å². The van der Waals surface area contributed by atoms with Crippen molar-refractivity contribution in [2.24, 2.45) is 0 Å². The Kier molecular flexibility index (Phi) is 9.73. The summed E-state index contributed by atoms with van der Waals surface area (Å²) < 4.78 is 4.12. The van der Waals surface area contributed by atoms with Gasteiger partial charge in [0.1, 0.15) is 0 Å². The molecule has 0 aliphatic carbocycles. The van der Waals surface area contributed by atoms with Gasteiger partial charge in [-0.25, -0.2) is 0 Å². The van der Waals surface area contributed by atoms with E-state index in [0.29, 0.717) is 0 Å². The van der Waals surface area contributed by atoms with Crippen molar-refractivity contribution >= 4 is 22.9 Å². The van der Waals surface area contributed by atoms with Crippen LogP contribution < -0.4 is 0 Å². The van der Waals surface area contributed by atoms with Gasteiger partial charge >= 0.3 is 70.8 Å². The number of unbranched alkanes of at least 4 members (excludes halogenated alkanes) is 4. The van der Waals surface area contributed by atoms with Crippen LogP contribution in [0.2, 0.25) is 8.86 Å². The normalized spacial score (nSPS) is 9.56. The Hall–Kier alpha value is 0.870. The molecular weight excluding hydrogens is 211 g/mol. The third-order valence-electron chi connectivity index (χ3n) is 1.71. The van der Waals surface area contributed by atoms with E-state index in [1.54, 1.807) is 10.6 Å². The zero-order valence-corrected chi connectivity index (χ0v) is 11.0. The summed E-state index contributed by atoms with van der Waals surface area (Å²) in [6.07, 6.45) is 7.39. The molecule has 0 heterocycles. The maximum absolute atomic E-state index is 2.47. The quantitative estimate of drug-likeness (QED) is 0.615. The van der Waals surface area contributed by atoms with Crippen LogP contribution in [0.15, 0.2) is 0 Å². The Bertz CT molecular complexity index is 37.8. The van der Waals surface area contributed by atoms with Crippen LogP contribution in [-0.2, 0) is 0 Å². The van der Waals surface area contributed by atoms with E-state index in [9.17, 15) is 0 Å². The molecule has 0 aromatic heterocycles. The minimum atomic E-state index is -0.126. The second-order valence-corrected chi connectivity index (χ2v) is 7.64. The van der Waals surface area contributed by atoms with Crippen LogP contribution in [-0.4, -0.2) is 22.9 Å². The molecule has 1 heteroatoms. The van der Waals surface area contributed by atoms with Crippen LogP contribution in [0.25, 0.3) is 0 Å². The molecular formula is C8H19In. The molecule has 0 saturated carbocycles. The molecule has 0 aliphatic rings. The summed E-state index contributed by atoms with van der Waals surface area (Å²) >= 11 is -0.126. The molecule has 0 saturated heterocycles. The van der Waals surface area contributed by atoms with Crippen LogP contribution >= 0.6 is 0 Å². The average Bonchev–Trinajstić information content (AvgIpc) is 1.89. The SMILES string of the molecule is CCCCCC[CH2][InH][CH3]. The van der Waals surface area contributed by atoms with Crippen molar-refractivity contribution in [3.63, 3.8) is 0 Å². The average molecular weight is 230 g/mol. The summed E-state index contributed by atoms with van der Waals surface area (Å²) in [5.74, 6) is 0. The van der Waals surface area contributed by atoms with Gasteiger partial charge in [-0.15, -0.1) is 0 Å². The molecule has 0 fully saturated rings. The topological polar surface area (TPSA) is 0 Å². The molecule has 0 bridgehead atoms. The molecule has 0 aliphatic heterocycles. The van der Waals surface area contributed by atoms with Crippen molar-refractivity contribution in [2.45, 2.75) is 47.9 Å². The molecule has 0 amide bonds. The second kappa shape index (κ2) is 8.87. The van der Waals surface area contributed by atoms with Gasteiger partial charge in [0.25, 0.3) is 0 Å². The van der Waals surface area contributed by atoms with E-state index in [0.717, 1.165) is 0 Å². The van der Waals surface area contributed by atoms with Crippen LogP contribution in [0.5, 0.6) is 0 Å². The Morgan fingerprint density at radius 1 is 1.00 bits per heavy atom. The van der Waals surface area contributed by atoms with Crippen molar-refractivity contribution in [1.82, 2.24) is 0 Å². The second-order valence-electron chi connectivity index (χ2n) is 2.77. The van der Waals surface area contributed by atoms with Gasteiger partial charge in [-0.3, -0.25) is 0 Å². The Labute approximate surface area is 70.8 Å². The van der Waals surface area contributed by atoms with Gasteiger partial charge in [-0.1, -0.05) is 0 Å². The van der Waals surface area contributed by atoms with Crippen LogP contribution in [0.1, 0.15) is 39.0 Å². The summed E-state index contributed by atoms with van der Waals surface area (Å²) in [6, 6.07) is 0. The van der Waals surface area contributed by atoms with Crippen LogP contribution in [0.3, 0.4) is 0 Å². The fourth-order valence-electron chi connectivity index (χ4n) is 1.03. The molecule has 0 aromatic rings. The number of hydrogen-bond acceptors (Lipinski definition) is 0. The van der Waals surface area contributed by atoms with Gasteiger partial charge in [0.05, 0.1) is 0 Å². The summed E-state index contributed by atoms with van der Waals surface area (Å²) in [5.41, 5.74) is 0. The first-order valence-corrected chi connectivity index (χ1v) is 11.3. The first kappa shape index (κ1) is 9.87. The fourth-order valence-corrected chi connectivity index (χ4v) is 3.47. The summed E-state index contributed by atoms with van der Waals surface area (Å²) in [4.78, 5) is 0. The van der Waals surface area contributed by atoms with E-state index < -0.39 is 0 Å². The van der Waals surface area contributed by atoms with Crippen molar-refractivity contribution in [3.8, 4) is 0 Å². The molecule has 0 atom stereocenters. The molecule has 0 rings (SSSR count). The first-order valence-electron chi connectivity index (χ1n) is 4.41. The van der Waals surface area contributed by atoms with Gasteiger partial charge in [-0.2, -0.15) is 0 Å². The van der Waals surface area contributed by atoms with Gasteiger partial charge in [0.15, 0.2) is 0 Å². The van der Waals surface area contributed by atoms with Crippen molar-refractivity contribution in [2.75, 3.05) is 0 Å². The summed E-state index contributed by atoms with van der Waals surface area (Å²) in [7, 11) is 0. The molecule has 0 N–H and O–H groups in total. The van der Waals surface area contributed by atoms with Crippen molar-refractivity contribution in [3.05, 3.63) is 0 Å². The number of hydrogen-bond donors (Lipinski definition) is 0. The van der Waals surface area contributed by atoms with E-state index in [4.69, 9.17) is 0 Å². The van der Waals surface area contributed by atoms with E-state index in [-0.39, 0.29) is 22.9 Å². The molecule has 0 radical (unpaired) electrons. The molecule has 0 unspecified atom stereocenters. The van der Waals surface area contributed by atoms with E-state index in [2.05, 4.69) is 11.6 Å². The Morgan fingerprint density at radius 3 is 2.22 bits per heavy atom. The predicted octanol–water partition coefficient (Wildman–Crippen LogP) is 2.86. The van der Waals surface area contributed by atoms with Crippen molar-refractivity contribution in [1.29, 1.82) is 0 Å². The standard InChI is InChI=1S/C7H15.CH3.In.H/c1-3-5-7-6-4-2;;;/h1,3-7H2,2H3;1H3;;. The van der Waals surface area contributed by atoms with E-state index >= 15 is 0 Å². The zero-order valence-electron chi connectivity index (χ0n) is 6.95. The van der Waals surface area contributed by atoms with Gasteiger partial charge in [-0.05, 0) is 0 Å². The van der Waals surface area contributed by atoms with E-state index in [1.165, 1.54) is 25.7 Å². The van der Waals surface area contributed by atoms with Crippen LogP contribution in [0.4, 0.5) is 0 Å². The maximum atomic E-state index is 2.47. The fraction of sp³-hybridized carbons (Fsp3) is 1.00. The van der Waals surface area contributed by atoms with Gasteiger partial charge < -0.3 is 0 Å². The molecule has 9 heavy (non-hydrogen) atoms. The van der Waals surface area contributed by atoms with Crippen LogP contribution in [0, 0.1) is 0 Å². The Balaban J connectivity index is 2.60. The summed E-state index contributed by atoms with van der Waals surface area (Å²) in [6.45, 7) is 2.28. The first-order chi connectivity index (χ1) is 4.41. The molecule has 0 spiro atoms. The zero-order chi connectivity index (χ0) is 6.95. The molecule has 0 nitrogen and oxygen atoms in total. The monoisotopic (exact) mass is 230 g/mol. The van der Waals surface area contributed by atoms with E-state index in [1.807, 2.05) is 0 Å². The predicted molar refractivity (Wildman–Crippen MR) is 46.6 cm³/mol. The third kappa shape index (κ3) is 8.87. The number of rotatable bonds is 6. The minimum absolute atomic E-state index is 0.126. The Morgan fingerprint density at radius 2 is 1.67 bits per heavy atom. The van der Waals surface area contributed by atoms with Gasteiger partial charge in [0.2, 0.25) is 0 Å².